The molecule has 0 fully saturated rings. The lowest BCUT2D eigenvalue weighted by atomic mass is 10.2. The molecule has 0 aromatic heterocycles. The minimum absolute atomic E-state index is 0.199. The zero-order chi connectivity index (χ0) is 13.9. The summed E-state index contributed by atoms with van der Waals surface area (Å²) >= 11 is 0. The molecule has 0 amide bonds. The molecule has 0 saturated heterocycles. The maximum Gasteiger partial charge on any atom is 0.368 e. The standard InChI is InChI=1S/C14H30O2Si/c1-10-12(3)17(11-2,15-13(4,5)6)16-14(7,8)9/h11-12H,2,10H2,1,3-9H3. The first-order valence-corrected chi connectivity index (χ1v) is 8.47. The zero-order valence-corrected chi connectivity index (χ0v) is 13.9. The van der Waals surface area contributed by atoms with Gasteiger partial charge in [-0.2, -0.15) is 0 Å². The highest BCUT2D eigenvalue weighted by atomic mass is 28.4. The molecule has 0 N–H and O–H groups in total. The summed E-state index contributed by atoms with van der Waals surface area (Å²) in [6.07, 6.45) is 1.05. The lowest BCUT2D eigenvalue weighted by Gasteiger charge is -2.42. The zero-order valence-electron chi connectivity index (χ0n) is 12.9. The van der Waals surface area contributed by atoms with E-state index >= 15 is 0 Å². The SMILES string of the molecule is C=C[Si](OC(C)(C)C)(OC(C)(C)C)C(C)CC. The Morgan fingerprint density at radius 2 is 1.41 bits per heavy atom. The molecule has 0 aromatic carbocycles. The fourth-order valence-corrected chi connectivity index (χ4v) is 5.24. The first-order chi connectivity index (χ1) is 7.46. The molecule has 0 aliphatic rings. The van der Waals surface area contributed by atoms with Crippen molar-refractivity contribution in [2.24, 2.45) is 0 Å². The predicted octanol–water partition coefficient (Wildman–Crippen LogP) is 4.58. The summed E-state index contributed by atoms with van der Waals surface area (Å²) in [7, 11) is -2.38. The Bertz CT molecular complexity index is 232. The highest BCUT2D eigenvalue weighted by Crippen LogP contribution is 2.35. The van der Waals surface area contributed by atoms with E-state index in [0.29, 0.717) is 5.54 Å². The van der Waals surface area contributed by atoms with Crippen LogP contribution in [-0.4, -0.2) is 19.8 Å². The molecule has 1 atom stereocenters. The lowest BCUT2D eigenvalue weighted by molar-refractivity contribution is 0.0161. The van der Waals surface area contributed by atoms with E-state index in [0.717, 1.165) is 6.42 Å². The van der Waals surface area contributed by atoms with Crippen LogP contribution < -0.4 is 0 Å². The van der Waals surface area contributed by atoms with Crippen LogP contribution in [0.1, 0.15) is 61.8 Å². The first kappa shape index (κ1) is 16.9. The molecule has 17 heavy (non-hydrogen) atoms. The smallest absolute Gasteiger partial charge is 0.368 e. The second-order valence-corrected chi connectivity index (χ2v) is 9.91. The van der Waals surface area contributed by atoms with E-state index in [1.54, 1.807) is 0 Å². The van der Waals surface area contributed by atoms with Crippen molar-refractivity contribution >= 4 is 8.56 Å². The summed E-state index contributed by atoms with van der Waals surface area (Å²) < 4.78 is 12.6. The van der Waals surface area contributed by atoms with Crippen LogP contribution in [0.3, 0.4) is 0 Å². The van der Waals surface area contributed by atoms with Crippen molar-refractivity contribution in [3.05, 3.63) is 12.3 Å². The van der Waals surface area contributed by atoms with Gasteiger partial charge in [0.15, 0.2) is 0 Å². The van der Waals surface area contributed by atoms with Crippen LogP contribution >= 0.6 is 0 Å². The van der Waals surface area contributed by atoms with Gasteiger partial charge in [-0.15, -0.1) is 6.58 Å². The minimum Gasteiger partial charge on any atom is -0.386 e. The number of hydrogen-bond acceptors (Lipinski definition) is 2. The largest absolute Gasteiger partial charge is 0.386 e. The van der Waals surface area contributed by atoms with E-state index in [1.165, 1.54) is 0 Å². The summed E-state index contributed by atoms with van der Waals surface area (Å²) in [6, 6.07) is 0. The summed E-state index contributed by atoms with van der Waals surface area (Å²) in [5.41, 5.74) is 1.94. The van der Waals surface area contributed by atoms with Crippen molar-refractivity contribution in [2.45, 2.75) is 78.6 Å². The second-order valence-electron chi connectivity index (χ2n) is 6.66. The van der Waals surface area contributed by atoms with E-state index in [1.807, 2.05) is 5.70 Å². The van der Waals surface area contributed by atoms with Crippen LogP contribution in [0.4, 0.5) is 0 Å². The maximum atomic E-state index is 6.30. The molecule has 102 valence electrons. The first-order valence-electron chi connectivity index (χ1n) is 6.49. The van der Waals surface area contributed by atoms with E-state index in [4.69, 9.17) is 8.85 Å². The van der Waals surface area contributed by atoms with E-state index in [9.17, 15) is 0 Å². The predicted molar refractivity (Wildman–Crippen MR) is 77.3 cm³/mol. The number of hydrogen-bond donors (Lipinski definition) is 0. The number of rotatable bonds is 5. The van der Waals surface area contributed by atoms with Gasteiger partial charge in [-0.25, -0.2) is 0 Å². The molecule has 0 saturated carbocycles. The molecule has 0 aliphatic carbocycles. The Morgan fingerprint density at radius 1 is 1.06 bits per heavy atom. The Balaban J connectivity index is 5.23. The van der Waals surface area contributed by atoms with Gasteiger partial charge in [0, 0.05) is 5.54 Å². The molecular weight excluding hydrogens is 228 g/mol. The van der Waals surface area contributed by atoms with Gasteiger partial charge in [0.2, 0.25) is 0 Å². The van der Waals surface area contributed by atoms with Gasteiger partial charge in [-0.1, -0.05) is 20.3 Å². The summed E-state index contributed by atoms with van der Waals surface area (Å²) in [6.45, 7) is 20.8. The Labute approximate surface area is 109 Å². The van der Waals surface area contributed by atoms with Gasteiger partial charge in [0.25, 0.3) is 0 Å². The fraction of sp³-hybridized carbons (Fsp3) is 0.857. The molecule has 0 aliphatic heterocycles. The van der Waals surface area contributed by atoms with Crippen molar-refractivity contribution < 1.29 is 8.85 Å². The van der Waals surface area contributed by atoms with Crippen LogP contribution in [0.2, 0.25) is 5.54 Å². The third kappa shape index (κ3) is 5.84. The Morgan fingerprint density at radius 3 is 1.59 bits per heavy atom. The van der Waals surface area contributed by atoms with Crippen LogP contribution in [-0.2, 0) is 8.85 Å². The van der Waals surface area contributed by atoms with Crippen LogP contribution in [0, 0.1) is 0 Å². The average Bonchev–Trinajstić information content (AvgIpc) is 2.10. The van der Waals surface area contributed by atoms with Crippen molar-refractivity contribution in [2.75, 3.05) is 0 Å². The normalized spacial score (nSPS) is 15.8. The van der Waals surface area contributed by atoms with Crippen molar-refractivity contribution in [3.63, 3.8) is 0 Å². The van der Waals surface area contributed by atoms with Crippen molar-refractivity contribution in [1.82, 2.24) is 0 Å². The molecule has 0 aromatic rings. The van der Waals surface area contributed by atoms with Crippen molar-refractivity contribution in [1.29, 1.82) is 0 Å². The molecule has 3 heteroatoms. The van der Waals surface area contributed by atoms with Gasteiger partial charge >= 0.3 is 8.56 Å². The van der Waals surface area contributed by atoms with E-state index in [-0.39, 0.29) is 11.2 Å². The van der Waals surface area contributed by atoms with Gasteiger partial charge < -0.3 is 8.85 Å². The van der Waals surface area contributed by atoms with Crippen molar-refractivity contribution in [3.8, 4) is 0 Å². The van der Waals surface area contributed by atoms with Gasteiger partial charge in [0.05, 0.1) is 11.2 Å². The molecular formula is C14H30O2Si. The molecule has 0 heterocycles. The van der Waals surface area contributed by atoms with Crippen LogP contribution in [0.25, 0.3) is 0 Å². The maximum absolute atomic E-state index is 6.30. The Kier molecular flexibility index (Phi) is 5.64. The molecule has 0 radical (unpaired) electrons. The topological polar surface area (TPSA) is 18.5 Å². The van der Waals surface area contributed by atoms with Gasteiger partial charge in [-0.3, -0.25) is 0 Å². The minimum atomic E-state index is -2.38. The monoisotopic (exact) mass is 258 g/mol. The van der Waals surface area contributed by atoms with E-state index < -0.39 is 8.56 Å². The Hall–Kier alpha value is -0.123. The fourth-order valence-electron chi connectivity index (χ4n) is 1.75. The van der Waals surface area contributed by atoms with Crippen LogP contribution in [0.5, 0.6) is 0 Å². The third-order valence-electron chi connectivity index (χ3n) is 2.52. The molecule has 0 spiro atoms. The third-order valence-corrected chi connectivity index (χ3v) is 6.73. The van der Waals surface area contributed by atoms with E-state index in [2.05, 4.69) is 62.0 Å². The van der Waals surface area contributed by atoms with Gasteiger partial charge in [0.1, 0.15) is 0 Å². The second kappa shape index (κ2) is 5.68. The average molecular weight is 258 g/mol. The van der Waals surface area contributed by atoms with Crippen LogP contribution in [0.15, 0.2) is 12.3 Å². The highest BCUT2D eigenvalue weighted by molar-refractivity contribution is 6.74. The molecule has 2 nitrogen and oxygen atoms in total. The summed E-state index contributed by atoms with van der Waals surface area (Å²) in [5, 5.41) is 0. The summed E-state index contributed by atoms with van der Waals surface area (Å²) in [4.78, 5) is 0. The molecule has 1 unspecified atom stereocenters. The highest BCUT2D eigenvalue weighted by Gasteiger charge is 2.45. The van der Waals surface area contributed by atoms with Gasteiger partial charge in [-0.05, 0) is 47.2 Å². The molecule has 0 bridgehead atoms. The quantitative estimate of drug-likeness (QED) is 0.672. The summed E-state index contributed by atoms with van der Waals surface area (Å²) in [5.74, 6) is 0. The molecule has 0 rings (SSSR count). The lowest BCUT2D eigenvalue weighted by Crippen LogP contribution is -2.53.